The number of amides is 1. The summed E-state index contributed by atoms with van der Waals surface area (Å²) in [6, 6.07) is 0. The summed E-state index contributed by atoms with van der Waals surface area (Å²) in [4.78, 5) is 37.5. The van der Waals surface area contributed by atoms with E-state index in [0.29, 0.717) is 16.5 Å². The summed E-state index contributed by atoms with van der Waals surface area (Å²) in [6.07, 6.45) is 2.29. The number of hydrogen-bond acceptors (Lipinski definition) is 7. The summed E-state index contributed by atoms with van der Waals surface area (Å²) in [6.45, 7) is 5.63. The molecule has 2 rings (SSSR count). The predicted molar refractivity (Wildman–Crippen MR) is 104 cm³/mol. The molecular formula is C17H20BrN3O5S. The van der Waals surface area contributed by atoms with Crippen LogP contribution in [0.25, 0.3) is 0 Å². The maximum absolute atomic E-state index is 12.6. The number of hydrogen-bond donors (Lipinski definition) is 1. The fraction of sp³-hybridized carbons (Fsp3) is 0.412. The monoisotopic (exact) mass is 457 g/mol. The molecule has 2 aromatic rings. The van der Waals surface area contributed by atoms with Gasteiger partial charge >= 0.3 is 11.9 Å². The van der Waals surface area contributed by atoms with Crippen molar-refractivity contribution in [2.24, 2.45) is 7.05 Å². The van der Waals surface area contributed by atoms with Crippen LogP contribution in [0.2, 0.25) is 0 Å². The van der Waals surface area contributed by atoms with Crippen LogP contribution in [-0.4, -0.2) is 40.8 Å². The SMILES string of the molecule is CCCOC(=O)c1c(NC(=O)c2nn(C)cc2Br)sc(C(=O)OCC)c1C. The van der Waals surface area contributed by atoms with E-state index >= 15 is 0 Å². The van der Waals surface area contributed by atoms with E-state index in [2.05, 4.69) is 26.3 Å². The number of nitrogens with zero attached hydrogens (tertiary/aromatic N) is 2. The number of aryl methyl sites for hydroxylation is 1. The lowest BCUT2D eigenvalue weighted by Gasteiger charge is -2.07. The van der Waals surface area contributed by atoms with E-state index in [-0.39, 0.29) is 34.3 Å². The number of carbonyl (C=O) groups is 3. The number of ether oxygens (including phenoxy) is 2. The average Bonchev–Trinajstić information content (AvgIpc) is 3.11. The third-order valence-corrected chi connectivity index (χ3v) is 5.24. The van der Waals surface area contributed by atoms with E-state index in [0.717, 1.165) is 11.3 Å². The molecule has 146 valence electrons. The molecule has 0 aliphatic carbocycles. The highest BCUT2D eigenvalue weighted by Crippen LogP contribution is 2.35. The van der Waals surface area contributed by atoms with Crippen molar-refractivity contribution in [2.45, 2.75) is 27.2 Å². The van der Waals surface area contributed by atoms with Crippen molar-refractivity contribution in [2.75, 3.05) is 18.5 Å². The standard InChI is InChI=1S/C17H20BrN3O5S/c1-5-7-26-16(23)11-9(3)13(17(24)25-6-2)27-15(11)19-14(22)12-10(18)8-21(4)20-12/h8H,5-7H2,1-4H3,(H,19,22). The molecule has 10 heteroatoms. The van der Waals surface area contributed by atoms with Gasteiger partial charge in [0.25, 0.3) is 5.91 Å². The first kappa shape index (κ1) is 21.1. The van der Waals surface area contributed by atoms with Gasteiger partial charge in [-0.15, -0.1) is 11.3 Å². The van der Waals surface area contributed by atoms with Crippen molar-refractivity contribution in [3.8, 4) is 0 Å². The number of aromatic nitrogens is 2. The molecule has 0 fully saturated rings. The summed E-state index contributed by atoms with van der Waals surface area (Å²) in [7, 11) is 1.68. The maximum Gasteiger partial charge on any atom is 0.348 e. The highest BCUT2D eigenvalue weighted by Gasteiger charge is 2.28. The van der Waals surface area contributed by atoms with Crippen LogP contribution in [0.1, 0.15) is 56.3 Å². The number of nitrogens with one attached hydrogen (secondary N) is 1. The Morgan fingerprint density at radius 2 is 1.96 bits per heavy atom. The third-order valence-electron chi connectivity index (χ3n) is 3.48. The van der Waals surface area contributed by atoms with Crippen LogP contribution >= 0.6 is 27.3 Å². The van der Waals surface area contributed by atoms with Crippen molar-refractivity contribution in [3.63, 3.8) is 0 Å². The molecule has 0 aliphatic heterocycles. The van der Waals surface area contributed by atoms with Crippen molar-refractivity contribution < 1.29 is 23.9 Å². The molecule has 0 radical (unpaired) electrons. The van der Waals surface area contributed by atoms with Crippen LogP contribution in [0.4, 0.5) is 5.00 Å². The van der Waals surface area contributed by atoms with Crippen molar-refractivity contribution in [1.29, 1.82) is 0 Å². The number of halogens is 1. The Kier molecular flexibility index (Phi) is 7.14. The molecular weight excluding hydrogens is 438 g/mol. The minimum Gasteiger partial charge on any atom is -0.462 e. The molecule has 1 N–H and O–H groups in total. The van der Waals surface area contributed by atoms with Crippen LogP contribution in [0.15, 0.2) is 10.7 Å². The fourth-order valence-corrected chi connectivity index (χ4v) is 3.92. The van der Waals surface area contributed by atoms with E-state index in [1.54, 1.807) is 27.1 Å². The van der Waals surface area contributed by atoms with E-state index in [9.17, 15) is 14.4 Å². The molecule has 0 bridgehead atoms. The number of thiophene rings is 1. The molecule has 2 heterocycles. The zero-order valence-corrected chi connectivity index (χ0v) is 17.8. The molecule has 0 spiro atoms. The van der Waals surface area contributed by atoms with Gasteiger partial charge in [0.15, 0.2) is 5.69 Å². The summed E-state index contributed by atoms with van der Waals surface area (Å²) in [5, 5.41) is 6.96. The lowest BCUT2D eigenvalue weighted by Crippen LogP contribution is -2.16. The lowest BCUT2D eigenvalue weighted by atomic mass is 10.1. The van der Waals surface area contributed by atoms with Gasteiger partial charge < -0.3 is 14.8 Å². The normalized spacial score (nSPS) is 10.6. The lowest BCUT2D eigenvalue weighted by molar-refractivity contribution is 0.0506. The van der Waals surface area contributed by atoms with Crippen LogP contribution in [0.3, 0.4) is 0 Å². The Hall–Kier alpha value is -2.20. The smallest absolute Gasteiger partial charge is 0.348 e. The van der Waals surface area contributed by atoms with Gasteiger partial charge in [-0.25, -0.2) is 9.59 Å². The minimum atomic E-state index is -0.600. The summed E-state index contributed by atoms with van der Waals surface area (Å²) in [5.74, 6) is -1.66. The predicted octanol–water partition coefficient (Wildman–Crippen LogP) is 3.55. The van der Waals surface area contributed by atoms with Gasteiger partial charge in [-0.1, -0.05) is 6.92 Å². The van der Waals surface area contributed by atoms with Gasteiger partial charge in [-0.2, -0.15) is 5.10 Å². The zero-order valence-electron chi connectivity index (χ0n) is 15.4. The Morgan fingerprint density at radius 3 is 2.52 bits per heavy atom. The van der Waals surface area contributed by atoms with Crippen LogP contribution in [-0.2, 0) is 16.5 Å². The Morgan fingerprint density at radius 1 is 1.26 bits per heavy atom. The van der Waals surface area contributed by atoms with Gasteiger partial charge in [-0.3, -0.25) is 9.48 Å². The zero-order chi connectivity index (χ0) is 20.1. The number of esters is 2. The van der Waals surface area contributed by atoms with Crippen LogP contribution < -0.4 is 5.32 Å². The maximum atomic E-state index is 12.6. The summed E-state index contributed by atoms with van der Waals surface area (Å²) < 4.78 is 12.2. The Labute approximate surface area is 169 Å². The number of anilines is 1. The van der Waals surface area contributed by atoms with Gasteiger partial charge in [0.1, 0.15) is 9.88 Å². The molecule has 0 saturated carbocycles. The second-order valence-electron chi connectivity index (χ2n) is 5.57. The first-order chi connectivity index (χ1) is 12.8. The molecule has 0 aromatic carbocycles. The molecule has 1 amide bonds. The van der Waals surface area contributed by atoms with Crippen molar-refractivity contribution in [1.82, 2.24) is 9.78 Å². The quantitative estimate of drug-likeness (QED) is 0.638. The first-order valence-corrected chi connectivity index (χ1v) is 9.89. The van der Waals surface area contributed by atoms with Crippen molar-refractivity contribution in [3.05, 3.63) is 32.4 Å². The van der Waals surface area contributed by atoms with Gasteiger partial charge in [0.05, 0.1) is 23.2 Å². The number of carbonyl (C=O) groups excluding carboxylic acids is 3. The van der Waals surface area contributed by atoms with E-state index in [1.807, 2.05) is 6.92 Å². The van der Waals surface area contributed by atoms with Crippen LogP contribution in [0, 0.1) is 6.92 Å². The molecule has 2 aromatic heterocycles. The first-order valence-electron chi connectivity index (χ1n) is 8.28. The second-order valence-corrected chi connectivity index (χ2v) is 7.45. The molecule has 0 aliphatic rings. The van der Waals surface area contributed by atoms with Gasteiger partial charge in [-0.05, 0) is 41.8 Å². The van der Waals surface area contributed by atoms with Crippen molar-refractivity contribution >= 4 is 50.1 Å². The Balaban J connectivity index is 2.41. The largest absolute Gasteiger partial charge is 0.462 e. The molecule has 27 heavy (non-hydrogen) atoms. The fourth-order valence-electron chi connectivity index (χ4n) is 2.28. The second kappa shape index (κ2) is 9.14. The number of rotatable bonds is 7. The molecule has 0 unspecified atom stereocenters. The molecule has 0 saturated heterocycles. The third kappa shape index (κ3) is 4.75. The average molecular weight is 458 g/mol. The van der Waals surface area contributed by atoms with E-state index < -0.39 is 17.8 Å². The van der Waals surface area contributed by atoms with E-state index in [4.69, 9.17) is 9.47 Å². The van der Waals surface area contributed by atoms with E-state index in [1.165, 1.54) is 4.68 Å². The summed E-state index contributed by atoms with van der Waals surface area (Å²) >= 11 is 4.24. The highest BCUT2D eigenvalue weighted by atomic mass is 79.9. The molecule has 8 nitrogen and oxygen atoms in total. The van der Waals surface area contributed by atoms with Crippen LogP contribution in [0.5, 0.6) is 0 Å². The highest BCUT2D eigenvalue weighted by molar-refractivity contribution is 9.10. The Bertz CT molecular complexity index is 874. The van der Waals surface area contributed by atoms with Gasteiger partial charge in [0.2, 0.25) is 0 Å². The minimum absolute atomic E-state index is 0.150. The molecule has 0 atom stereocenters. The van der Waals surface area contributed by atoms with Gasteiger partial charge in [0, 0.05) is 13.2 Å². The topological polar surface area (TPSA) is 99.5 Å². The summed E-state index contributed by atoms with van der Waals surface area (Å²) in [5.41, 5.74) is 0.723.